The van der Waals surface area contributed by atoms with Gasteiger partial charge in [-0.25, -0.2) is 4.98 Å². The molecule has 8 nitrogen and oxygen atoms in total. The third-order valence-electron chi connectivity index (χ3n) is 7.46. The van der Waals surface area contributed by atoms with E-state index in [0.717, 1.165) is 65.6 Å². The Morgan fingerprint density at radius 2 is 2.10 bits per heavy atom. The van der Waals surface area contributed by atoms with Gasteiger partial charge in [-0.15, -0.1) is 0 Å². The Bertz CT molecular complexity index is 1420. The number of unbranched alkanes of at least 4 members (excludes halogenated alkanes) is 2. The number of fused-ring (bicyclic) bond motifs is 2. The molecule has 204 valence electrons. The first kappa shape index (κ1) is 25.8. The molecule has 4 heterocycles. The van der Waals surface area contributed by atoms with Crippen molar-refractivity contribution in [2.24, 2.45) is 5.92 Å². The summed E-state index contributed by atoms with van der Waals surface area (Å²) in [6.07, 6.45) is 14.6. The molecule has 39 heavy (non-hydrogen) atoms. The third-order valence-corrected chi connectivity index (χ3v) is 8.58. The van der Waals surface area contributed by atoms with Gasteiger partial charge in [0, 0.05) is 36.7 Å². The molecule has 1 aromatic carbocycles. The number of carbonyl (C=O) groups excluding carboxylic acids is 2. The highest BCUT2D eigenvalue weighted by Gasteiger charge is 2.35. The van der Waals surface area contributed by atoms with Crippen LogP contribution in [0.3, 0.4) is 0 Å². The molecule has 1 N–H and O–H groups in total. The van der Waals surface area contributed by atoms with Gasteiger partial charge in [-0.05, 0) is 69.2 Å². The van der Waals surface area contributed by atoms with Crippen molar-refractivity contribution in [3.05, 3.63) is 53.3 Å². The second-order valence-electron chi connectivity index (χ2n) is 11.4. The van der Waals surface area contributed by atoms with E-state index in [1.807, 2.05) is 30.8 Å². The zero-order valence-corrected chi connectivity index (χ0v) is 23.4. The third kappa shape index (κ3) is 5.93. The summed E-state index contributed by atoms with van der Waals surface area (Å²) in [4.78, 5) is 32.4. The maximum Gasteiger partial charge on any atom is 0.263 e. The molecule has 9 heteroatoms. The molecule has 1 amide bonds. The molecule has 0 radical (unpaired) electrons. The topological polar surface area (TPSA) is 89.3 Å². The lowest BCUT2D eigenvalue weighted by Crippen LogP contribution is -2.48. The Morgan fingerprint density at radius 3 is 2.95 bits per heavy atom. The number of amides is 1. The highest BCUT2D eigenvalue weighted by molar-refractivity contribution is 7.17. The molecule has 1 saturated carbocycles. The number of ether oxygens (including phenoxy) is 1. The van der Waals surface area contributed by atoms with Crippen molar-refractivity contribution in [3.63, 3.8) is 0 Å². The predicted molar refractivity (Wildman–Crippen MR) is 153 cm³/mol. The fourth-order valence-corrected chi connectivity index (χ4v) is 6.19. The number of rotatable bonds is 10. The van der Waals surface area contributed by atoms with Crippen molar-refractivity contribution in [3.8, 4) is 16.9 Å². The number of carbonyl (C=O) groups is 2. The molecule has 2 aromatic heterocycles. The molecule has 2 aliphatic heterocycles. The molecule has 0 saturated heterocycles. The number of benzene rings is 1. The number of allylic oxidation sites excluding steroid dienone is 2. The van der Waals surface area contributed by atoms with Crippen LogP contribution in [0.25, 0.3) is 11.1 Å². The lowest BCUT2D eigenvalue weighted by atomic mass is 9.94. The first-order valence-electron chi connectivity index (χ1n) is 14.0. The van der Waals surface area contributed by atoms with Crippen molar-refractivity contribution in [1.82, 2.24) is 20.1 Å². The number of thiazole rings is 1. The van der Waals surface area contributed by atoms with Crippen LogP contribution in [0, 0.1) is 5.92 Å². The quantitative estimate of drug-likeness (QED) is 0.260. The summed E-state index contributed by atoms with van der Waals surface area (Å²) >= 11 is 1.45. The maximum atomic E-state index is 12.7. The normalized spacial score (nSPS) is 18.0. The fourth-order valence-electron chi connectivity index (χ4n) is 5.17. The minimum Gasteiger partial charge on any atom is -0.490 e. The number of ketones is 1. The largest absolute Gasteiger partial charge is 0.490 e. The van der Waals surface area contributed by atoms with Crippen molar-refractivity contribution < 1.29 is 14.3 Å². The van der Waals surface area contributed by atoms with Gasteiger partial charge in [0.15, 0.2) is 10.9 Å². The Labute approximate surface area is 233 Å². The van der Waals surface area contributed by atoms with Crippen LogP contribution in [-0.2, 0) is 17.8 Å². The zero-order valence-electron chi connectivity index (χ0n) is 22.6. The van der Waals surface area contributed by atoms with Crippen LogP contribution < -0.4 is 15.0 Å². The molecular weight excluding hydrogens is 510 g/mol. The van der Waals surface area contributed by atoms with Gasteiger partial charge in [-0.2, -0.15) is 5.10 Å². The molecule has 1 aliphatic carbocycles. The van der Waals surface area contributed by atoms with Crippen LogP contribution in [0.4, 0.5) is 10.8 Å². The molecule has 1 fully saturated rings. The van der Waals surface area contributed by atoms with Crippen molar-refractivity contribution in [2.45, 2.75) is 70.9 Å². The van der Waals surface area contributed by atoms with Crippen molar-refractivity contribution in [1.29, 1.82) is 0 Å². The Morgan fingerprint density at radius 1 is 1.23 bits per heavy atom. The van der Waals surface area contributed by atoms with E-state index in [1.54, 1.807) is 6.08 Å². The van der Waals surface area contributed by atoms with Gasteiger partial charge in [0.25, 0.3) is 5.91 Å². The number of hydrogen-bond acceptors (Lipinski definition) is 7. The highest BCUT2D eigenvalue weighted by Crippen LogP contribution is 2.42. The first-order chi connectivity index (χ1) is 18.8. The number of aromatic nitrogens is 3. The average Bonchev–Trinajstić information content (AvgIpc) is 3.45. The minimum atomic E-state index is -0.296. The van der Waals surface area contributed by atoms with Gasteiger partial charge >= 0.3 is 0 Å². The predicted octanol–water partition coefficient (Wildman–Crippen LogP) is 5.70. The standard InChI is InChI=1S/C30H35N5O3S/c1-30(2)17-24-27(28(37)33-30)39-29(32-24)35-14-15-38-26-12-10-21(16-25(26)35)22-18-31-34(19-22)13-5-3-4-6-23(36)11-9-20-7-8-20/h9-12,16,18-20H,3-8,13-15,17H2,1-2H3,(H,33,37). The van der Waals surface area contributed by atoms with E-state index in [-0.39, 0.29) is 17.2 Å². The first-order valence-corrected chi connectivity index (χ1v) is 14.8. The van der Waals surface area contributed by atoms with Gasteiger partial charge in [-0.3, -0.25) is 14.3 Å². The number of aryl methyl sites for hydroxylation is 1. The summed E-state index contributed by atoms with van der Waals surface area (Å²) < 4.78 is 7.94. The van der Waals surface area contributed by atoms with Crippen LogP contribution >= 0.6 is 11.3 Å². The van der Waals surface area contributed by atoms with E-state index in [1.165, 1.54) is 24.2 Å². The lowest BCUT2D eigenvalue weighted by molar-refractivity contribution is -0.114. The number of nitrogens with one attached hydrogen (secondary N) is 1. The van der Waals surface area contributed by atoms with Crippen LogP contribution in [-0.4, -0.2) is 45.1 Å². The van der Waals surface area contributed by atoms with E-state index in [2.05, 4.69) is 39.7 Å². The Kier molecular flexibility index (Phi) is 7.01. The number of anilines is 2. The van der Waals surface area contributed by atoms with Gasteiger partial charge in [-0.1, -0.05) is 29.9 Å². The Hall–Kier alpha value is -3.46. The molecule has 0 bridgehead atoms. The smallest absolute Gasteiger partial charge is 0.263 e. The summed E-state index contributed by atoms with van der Waals surface area (Å²) in [7, 11) is 0. The second kappa shape index (κ2) is 10.6. The SMILES string of the molecule is CC1(C)Cc2nc(N3CCOc4ccc(-c5cnn(CCCCCC(=O)C=CC6CC6)c5)cc43)sc2C(=O)N1. The van der Waals surface area contributed by atoms with Gasteiger partial charge in [0.2, 0.25) is 0 Å². The van der Waals surface area contributed by atoms with Crippen LogP contribution in [0.5, 0.6) is 5.75 Å². The van der Waals surface area contributed by atoms with E-state index in [9.17, 15) is 9.59 Å². The van der Waals surface area contributed by atoms with Crippen molar-refractivity contribution in [2.75, 3.05) is 18.1 Å². The summed E-state index contributed by atoms with van der Waals surface area (Å²) in [5.41, 5.74) is 3.63. The van der Waals surface area contributed by atoms with E-state index in [4.69, 9.17) is 9.72 Å². The monoisotopic (exact) mass is 545 g/mol. The van der Waals surface area contributed by atoms with Crippen LogP contribution in [0.15, 0.2) is 42.7 Å². The van der Waals surface area contributed by atoms with Crippen LogP contribution in [0.2, 0.25) is 0 Å². The van der Waals surface area contributed by atoms with E-state index < -0.39 is 0 Å². The van der Waals surface area contributed by atoms with E-state index in [0.29, 0.717) is 30.4 Å². The summed E-state index contributed by atoms with van der Waals surface area (Å²) in [6, 6.07) is 6.19. The molecule has 0 unspecified atom stereocenters. The number of hydrogen-bond donors (Lipinski definition) is 1. The molecule has 6 rings (SSSR count). The summed E-state index contributed by atoms with van der Waals surface area (Å²) in [5.74, 6) is 1.68. The Balaban J connectivity index is 1.10. The molecule has 3 aliphatic rings. The summed E-state index contributed by atoms with van der Waals surface area (Å²) in [5, 5.41) is 8.48. The second-order valence-corrected chi connectivity index (χ2v) is 12.4. The summed E-state index contributed by atoms with van der Waals surface area (Å²) in [6.45, 7) is 6.12. The van der Waals surface area contributed by atoms with Gasteiger partial charge in [0.05, 0.1) is 24.1 Å². The maximum absolute atomic E-state index is 12.7. The van der Waals surface area contributed by atoms with Crippen LogP contribution in [0.1, 0.15) is 67.7 Å². The lowest BCUT2D eigenvalue weighted by Gasteiger charge is -2.29. The molecule has 0 atom stereocenters. The van der Waals surface area contributed by atoms with Gasteiger partial charge < -0.3 is 15.0 Å². The highest BCUT2D eigenvalue weighted by atomic mass is 32.1. The van der Waals surface area contributed by atoms with Crippen molar-refractivity contribution >= 4 is 33.8 Å². The molecule has 3 aromatic rings. The minimum absolute atomic E-state index is 0.0448. The number of nitrogens with zero attached hydrogens (tertiary/aromatic N) is 4. The van der Waals surface area contributed by atoms with E-state index >= 15 is 0 Å². The molecular formula is C30H35N5O3S. The average molecular weight is 546 g/mol. The molecule has 0 spiro atoms. The fraction of sp³-hybridized carbons (Fsp3) is 0.467. The zero-order chi connectivity index (χ0) is 27.0. The van der Waals surface area contributed by atoms with Gasteiger partial charge in [0.1, 0.15) is 17.2 Å².